The summed E-state index contributed by atoms with van der Waals surface area (Å²) in [6, 6.07) is 7.94. The van der Waals surface area contributed by atoms with E-state index in [9.17, 15) is 0 Å². The van der Waals surface area contributed by atoms with Crippen LogP contribution in [-0.4, -0.2) is 10.1 Å². The first-order valence-corrected chi connectivity index (χ1v) is 6.09. The first kappa shape index (κ1) is 14.1. The van der Waals surface area contributed by atoms with Crippen LogP contribution in [0.4, 0.5) is 0 Å². The molecule has 0 spiro atoms. The minimum Gasteiger partial charge on any atom is -0.392 e. The molecule has 0 amide bonds. The van der Waals surface area contributed by atoms with Gasteiger partial charge in [0.2, 0.25) is 0 Å². The van der Waals surface area contributed by atoms with E-state index in [1.54, 1.807) is 11.3 Å². The Morgan fingerprint density at radius 1 is 1.24 bits per heavy atom. The summed E-state index contributed by atoms with van der Waals surface area (Å²) in [5.41, 5.74) is 5.04. The highest BCUT2D eigenvalue weighted by Gasteiger charge is 1.97. The Hall–Kier alpha value is -0.940. The molecule has 0 aliphatic rings. The number of nitrogens with zero attached hydrogens (tertiary/aromatic N) is 1. The highest BCUT2D eigenvalue weighted by molar-refractivity contribution is 7.07. The van der Waals surface area contributed by atoms with E-state index in [2.05, 4.69) is 10.3 Å². The molecule has 0 radical (unpaired) electrons. The van der Waals surface area contributed by atoms with Crippen molar-refractivity contribution >= 4 is 23.7 Å². The lowest BCUT2D eigenvalue weighted by molar-refractivity contribution is 0.281. The summed E-state index contributed by atoms with van der Waals surface area (Å²) in [5, 5.41) is 14.4. The van der Waals surface area contributed by atoms with Gasteiger partial charge in [0.05, 0.1) is 17.8 Å². The molecule has 5 heteroatoms. The summed E-state index contributed by atoms with van der Waals surface area (Å²) in [6.45, 7) is 1.68. The van der Waals surface area contributed by atoms with Crippen molar-refractivity contribution in [2.45, 2.75) is 19.7 Å². The standard InChI is InChI=1S/C12H14N2OS.ClH/c15-7-11-3-1-2-10(4-11)5-13-6-12-8-16-9-14-12;/h1-4,8-9,13,15H,5-7H2;1H. The predicted octanol–water partition coefficient (Wildman–Crippen LogP) is 2.35. The average Bonchev–Trinajstić information content (AvgIpc) is 2.82. The first-order chi connectivity index (χ1) is 7.88. The van der Waals surface area contributed by atoms with Crippen LogP contribution in [0.3, 0.4) is 0 Å². The van der Waals surface area contributed by atoms with Crippen molar-refractivity contribution in [1.29, 1.82) is 0 Å². The molecule has 0 aliphatic carbocycles. The average molecular weight is 271 g/mol. The topological polar surface area (TPSA) is 45.1 Å². The van der Waals surface area contributed by atoms with Crippen LogP contribution in [0.15, 0.2) is 35.2 Å². The lowest BCUT2D eigenvalue weighted by Crippen LogP contribution is -2.12. The van der Waals surface area contributed by atoms with Crippen LogP contribution in [-0.2, 0) is 19.7 Å². The molecule has 1 aromatic heterocycles. The molecular formula is C12H15ClN2OS. The Balaban J connectivity index is 0.00000144. The number of aromatic nitrogens is 1. The van der Waals surface area contributed by atoms with Crippen molar-refractivity contribution in [3.05, 3.63) is 52.0 Å². The largest absolute Gasteiger partial charge is 0.392 e. The number of hydrogen-bond donors (Lipinski definition) is 2. The summed E-state index contributed by atoms with van der Waals surface area (Å²) < 4.78 is 0. The van der Waals surface area contributed by atoms with Gasteiger partial charge in [0, 0.05) is 18.5 Å². The van der Waals surface area contributed by atoms with E-state index in [0.717, 1.165) is 24.3 Å². The van der Waals surface area contributed by atoms with Gasteiger partial charge in [-0.1, -0.05) is 24.3 Å². The van der Waals surface area contributed by atoms with Gasteiger partial charge in [-0.3, -0.25) is 0 Å². The molecule has 17 heavy (non-hydrogen) atoms. The van der Waals surface area contributed by atoms with E-state index in [0.29, 0.717) is 0 Å². The second kappa shape index (κ2) is 7.40. The zero-order valence-electron chi connectivity index (χ0n) is 9.30. The summed E-state index contributed by atoms with van der Waals surface area (Å²) in [4.78, 5) is 4.20. The van der Waals surface area contributed by atoms with Gasteiger partial charge in [-0.2, -0.15) is 0 Å². The number of aliphatic hydroxyl groups excluding tert-OH is 1. The minimum atomic E-state index is 0. The van der Waals surface area contributed by atoms with E-state index in [1.165, 1.54) is 5.56 Å². The molecule has 2 N–H and O–H groups in total. The van der Waals surface area contributed by atoms with E-state index >= 15 is 0 Å². The zero-order valence-corrected chi connectivity index (χ0v) is 10.9. The molecule has 92 valence electrons. The molecule has 0 atom stereocenters. The van der Waals surface area contributed by atoms with Crippen LogP contribution < -0.4 is 5.32 Å². The molecular weight excluding hydrogens is 256 g/mol. The highest BCUT2D eigenvalue weighted by atomic mass is 35.5. The van der Waals surface area contributed by atoms with Crippen LogP contribution in [0.2, 0.25) is 0 Å². The molecule has 3 nitrogen and oxygen atoms in total. The molecule has 1 heterocycles. The minimum absolute atomic E-state index is 0. The number of hydrogen-bond acceptors (Lipinski definition) is 4. The van der Waals surface area contributed by atoms with Gasteiger partial charge in [0.25, 0.3) is 0 Å². The van der Waals surface area contributed by atoms with Crippen molar-refractivity contribution in [1.82, 2.24) is 10.3 Å². The number of rotatable bonds is 5. The van der Waals surface area contributed by atoms with Crippen LogP contribution in [0.5, 0.6) is 0 Å². The number of benzene rings is 1. The number of nitrogens with one attached hydrogen (secondary N) is 1. The maximum absolute atomic E-state index is 9.01. The lowest BCUT2D eigenvalue weighted by atomic mass is 10.1. The van der Waals surface area contributed by atoms with Crippen molar-refractivity contribution < 1.29 is 5.11 Å². The third-order valence-electron chi connectivity index (χ3n) is 2.29. The summed E-state index contributed by atoms with van der Waals surface area (Å²) in [7, 11) is 0. The van der Waals surface area contributed by atoms with Gasteiger partial charge in [-0.15, -0.1) is 23.7 Å². The van der Waals surface area contributed by atoms with Crippen LogP contribution >= 0.6 is 23.7 Å². The van der Waals surface area contributed by atoms with E-state index in [1.807, 2.05) is 35.2 Å². The van der Waals surface area contributed by atoms with Crippen molar-refractivity contribution in [3.8, 4) is 0 Å². The molecule has 0 aliphatic heterocycles. The van der Waals surface area contributed by atoms with E-state index < -0.39 is 0 Å². The third-order valence-corrected chi connectivity index (χ3v) is 2.93. The quantitative estimate of drug-likeness (QED) is 0.877. The lowest BCUT2D eigenvalue weighted by Gasteiger charge is -2.04. The predicted molar refractivity (Wildman–Crippen MR) is 72.3 cm³/mol. The Kier molecular flexibility index (Phi) is 6.15. The molecule has 2 aromatic rings. The SMILES string of the molecule is Cl.OCc1cccc(CNCc2cscn2)c1. The molecule has 0 unspecified atom stereocenters. The van der Waals surface area contributed by atoms with Gasteiger partial charge < -0.3 is 10.4 Å². The van der Waals surface area contributed by atoms with Crippen molar-refractivity contribution in [2.24, 2.45) is 0 Å². The first-order valence-electron chi connectivity index (χ1n) is 5.15. The molecule has 0 fully saturated rings. The van der Waals surface area contributed by atoms with Crippen LogP contribution in [0, 0.1) is 0 Å². The Bertz CT molecular complexity index is 434. The molecule has 0 saturated carbocycles. The fourth-order valence-corrected chi connectivity index (χ4v) is 2.06. The zero-order chi connectivity index (χ0) is 11.2. The van der Waals surface area contributed by atoms with Crippen LogP contribution in [0.25, 0.3) is 0 Å². The van der Waals surface area contributed by atoms with E-state index in [4.69, 9.17) is 5.11 Å². The Morgan fingerprint density at radius 3 is 2.76 bits per heavy atom. The smallest absolute Gasteiger partial charge is 0.0795 e. The number of thiazole rings is 1. The van der Waals surface area contributed by atoms with Gasteiger partial charge in [0.1, 0.15) is 0 Å². The van der Waals surface area contributed by atoms with Crippen molar-refractivity contribution in [2.75, 3.05) is 0 Å². The van der Waals surface area contributed by atoms with E-state index in [-0.39, 0.29) is 19.0 Å². The highest BCUT2D eigenvalue weighted by Crippen LogP contribution is 2.06. The molecule has 1 aromatic carbocycles. The summed E-state index contributed by atoms with van der Waals surface area (Å²) in [6.07, 6.45) is 0. The fourth-order valence-electron chi connectivity index (χ4n) is 1.50. The second-order valence-electron chi connectivity index (χ2n) is 3.56. The van der Waals surface area contributed by atoms with Gasteiger partial charge in [-0.25, -0.2) is 4.98 Å². The second-order valence-corrected chi connectivity index (χ2v) is 4.28. The Morgan fingerprint density at radius 2 is 2.06 bits per heavy atom. The maximum Gasteiger partial charge on any atom is 0.0795 e. The monoisotopic (exact) mass is 270 g/mol. The molecule has 0 bridgehead atoms. The normalized spacial score (nSPS) is 9.94. The third kappa shape index (κ3) is 4.44. The fraction of sp³-hybridized carbons (Fsp3) is 0.250. The summed E-state index contributed by atoms with van der Waals surface area (Å²) in [5.74, 6) is 0. The summed E-state index contributed by atoms with van der Waals surface area (Å²) >= 11 is 1.61. The Labute approximate surface area is 111 Å². The number of aliphatic hydroxyl groups is 1. The maximum atomic E-state index is 9.01. The van der Waals surface area contributed by atoms with Gasteiger partial charge >= 0.3 is 0 Å². The van der Waals surface area contributed by atoms with Gasteiger partial charge in [0.15, 0.2) is 0 Å². The number of halogens is 1. The van der Waals surface area contributed by atoms with Gasteiger partial charge in [-0.05, 0) is 11.1 Å². The molecule has 2 rings (SSSR count). The van der Waals surface area contributed by atoms with Crippen LogP contribution in [0.1, 0.15) is 16.8 Å². The van der Waals surface area contributed by atoms with Crippen molar-refractivity contribution in [3.63, 3.8) is 0 Å². The molecule has 0 saturated heterocycles.